The lowest BCUT2D eigenvalue weighted by Crippen LogP contribution is -2.33. The topological polar surface area (TPSA) is 63.5 Å². The molecule has 0 bridgehead atoms. The molecule has 5 nitrogen and oxygen atoms in total. The molecular formula is C14H13ClN2O3. The van der Waals surface area contributed by atoms with Crippen molar-refractivity contribution in [3.8, 4) is 12.3 Å². The molecule has 1 amide bonds. The van der Waals surface area contributed by atoms with Gasteiger partial charge in [0.1, 0.15) is 5.02 Å². The van der Waals surface area contributed by atoms with Crippen molar-refractivity contribution in [3.63, 3.8) is 0 Å². The van der Waals surface area contributed by atoms with Crippen LogP contribution in [0.25, 0.3) is 0 Å². The van der Waals surface area contributed by atoms with Gasteiger partial charge in [-0.3, -0.25) is 14.9 Å². The van der Waals surface area contributed by atoms with Gasteiger partial charge in [-0.2, -0.15) is 0 Å². The normalized spacial score (nSPS) is 13.6. The predicted octanol–water partition coefficient (Wildman–Crippen LogP) is 2.73. The molecule has 1 aliphatic carbocycles. The van der Waals surface area contributed by atoms with E-state index in [1.54, 1.807) is 0 Å². The van der Waals surface area contributed by atoms with Gasteiger partial charge in [0.15, 0.2) is 0 Å². The van der Waals surface area contributed by atoms with Gasteiger partial charge in [0.2, 0.25) is 0 Å². The number of amides is 1. The van der Waals surface area contributed by atoms with Crippen molar-refractivity contribution in [1.29, 1.82) is 0 Å². The van der Waals surface area contributed by atoms with Crippen molar-refractivity contribution >= 4 is 23.2 Å². The Morgan fingerprint density at radius 3 is 2.80 bits per heavy atom. The molecule has 0 atom stereocenters. The van der Waals surface area contributed by atoms with Crippen molar-refractivity contribution in [1.82, 2.24) is 4.90 Å². The number of nitrogens with zero attached hydrogens (tertiary/aromatic N) is 2. The molecule has 0 radical (unpaired) electrons. The molecule has 0 aromatic heterocycles. The van der Waals surface area contributed by atoms with Crippen LogP contribution in [0.2, 0.25) is 5.02 Å². The van der Waals surface area contributed by atoms with Crippen LogP contribution in [0.4, 0.5) is 5.69 Å². The maximum atomic E-state index is 12.4. The first-order valence-electron chi connectivity index (χ1n) is 6.20. The highest BCUT2D eigenvalue weighted by atomic mass is 35.5. The van der Waals surface area contributed by atoms with E-state index in [1.807, 2.05) is 0 Å². The predicted molar refractivity (Wildman–Crippen MR) is 75.6 cm³/mol. The van der Waals surface area contributed by atoms with Gasteiger partial charge in [-0.15, -0.1) is 6.42 Å². The number of terminal acetylenes is 1. The highest BCUT2D eigenvalue weighted by Crippen LogP contribution is 2.32. The maximum Gasteiger partial charge on any atom is 0.288 e. The van der Waals surface area contributed by atoms with Crippen LogP contribution in [0.5, 0.6) is 0 Å². The van der Waals surface area contributed by atoms with Crippen molar-refractivity contribution in [3.05, 3.63) is 38.9 Å². The number of rotatable bonds is 5. The molecule has 1 aliphatic rings. The molecule has 1 fully saturated rings. The van der Waals surface area contributed by atoms with E-state index in [0.29, 0.717) is 12.5 Å². The summed E-state index contributed by atoms with van der Waals surface area (Å²) in [4.78, 5) is 24.2. The van der Waals surface area contributed by atoms with Crippen molar-refractivity contribution in [2.75, 3.05) is 13.1 Å². The Bertz CT molecular complexity index is 591. The zero-order chi connectivity index (χ0) is 14.7. The quantitative estimate of drug-likeness (QED) is 0.476. The Balaban J connectivity index is 2.28. The number of nitro benzene ring substituents is 1. The summed E-state index contributed by atoms with van der Waals surface area (Å²) in [5.41, 5.74) is -0.152. The Hall–Kier alpha value is -2.06. The largest absolute Gasteiger partial charge is 0.327 e. The average molecular weight is 293 g/mol. The second-order valence-corrected chi connectivity index (χ2v) is 5.11. The molecular weight excluding hydrogens is 280 g/mol. The molecule has 1 aromatic rings. The van der Waals surface area contributed by atoms with E-state index in [1.165, 1.54) is 23.1 Å². The average Bonchev–Trinajstić information content (AvgIpc) is 3.21. The summed E-state index contributed by atoms with van der Waals surface area (Å²) in [6.45, 7) is 0.746. The molecule has 1 saturated carbocycles. The number of hydrogen-bond donors (Lipinski definition) is 0. The highest BCUT2D eigenvalue weighted by Gasteiger charge is 2.29. The summed E-state index contributed by atoms with van der Waals surface area (Å²) in [7, 11) is 0. The Morgan fingerprint density at radius 2 is 2.25 bits per heavy atom. The second kappa shape index (κ2) is 5.93. The fourth-order valence-corrected chi connectivity index (χ4v) is 2.21. The molecule has 0 saturated heterocycles. The van der Waals surface area contributed by atoms with E-state index >= 15 is 0 Å². The molecule has 2 rings (SSSR count). The van der Waals surface area contributed by atoms with Gasteiger partial charge in [0.25, 0.3) is 11.6 Å². The molecule has 0 spiro atoms. The number of halogens is 1. The first-order valence-corrected chi connectivity index (χ1v) is 6.58. The zero-order valence-electron chi connectivity index (χ0n) is 10.7. The summed E-state index contributed by atoms with van der Waals surface area (Å²) in [6.07, 6.45) is 7.43. The first kappa shape index (κ1) is 14.4. The van der Waals surface area contributed by atoms with E-state index in [0.717, 1.165) is 12.8 Å². The fourth-order valence-electron chi connectivity index (χ4n) is 1.94. The second-order valence-electron chi connectivity index (χ2n) is 4.73. The first-order chi connectivity index (χ1) is 9.54. The third-order valence-electron chi connectivity index (χ3n) is 3.15. The van der Waals surface area contributed by atoms with Crippen molar-refractivity contribution in [2.45, 2.75) is 12.8 Å². The maximum absolute atomic E-state index is 12.4. The minimum Gasteiger partial charge on any atom is -0.327 e. The van der Waals surface area contributed by atoms with Crippen molar-refractivity contribution < 1.29 is 9.72 Å². The van der Waals surface area contributed by atoms with Crippen LogP contribution in [0.15, 0.2) is 18.2 Å². The summed E-state index contributed by atoms with van der Waals surface area (Å²) in [6, 6.07) is 4.20. The lowest BCUT2D eigenvalue weighted by Gasteiger charge is -2.20. The third-order valence-corrected chi connectivity index (χ3v) is 3.55. The van der Waals surface area contributed by atoms with Crippen molar-refractivity contribution in [2.24, 2.45) is 5.92 Å². The lowest BCUT2D eigenvalue weighted by molar-refractivity contribution is -0.384. The molecule has 0 aliphatic heterocycles. The minimum atomic E-state index is -0.606. The van der Waals surface area contributed by atoms with E-state index < -0.39 is 4.92 Å². The van der Waals surface area contributed by atoms with Crippen LogP contribution in [0, 0.1) is 28.4 Å². The van der Waals surface area contributed by atoms with Gasteiger partial charge in [-0.1, -0.05) is 23.6 Å². The van der Waals surface area contributed by atoms with Crippen LogP contribution in [0.1, 0.15) is 23.2 Å². The lowest BCUT2D eigenvalue weighted by atomic mass is 10.1. The van der Waals surface area contributed by atoms with Gasteiger partial charge in [0, 0.05) is 12.6 Å². The Labute approximate surface area is 121 Å². The number of carbonyl (C=O) groups excluding carboxylic acids is 1. The fraction of sp³-hybridized carbons (Fsp3) is 0.357. The van der Waals surface area contributed by atoms with Gasteiger partial charge in [0.05, 0.1) is 17.0 Å². The molecule has 0 N–H and O–H groups in total. The standard InChI is InChI=1S/C14H13ClN2O3/c1-2-8-16(9-10-6-7-10)14(18)11-4-3-5-12(13(11)15)17(19)20/h1,3-5,10H,6-9H2. The minimum absolute atomic E-state index is 0.122. The van der Waals surface area contributed by atoms with Gasteiger partial charge >= 0.3 is 0 Å². The molecule has 104 valence electrons. The van der Waals surface area contributed by atoms with E-state index in [4.69, 9.17) is 18.0 Å². The molecule has 20 heavy (non-hydrogen) atoms. The summed E-state index contributed by atoms with van der Waals surface area (Å²) >= 11 is 5.95. The zero-order valence-corrected chi connectivity index (χ0v) is 11.5. The van der Waals surface area contributed by atoms with Crippen LogP contribution in [-0.4, -0.2) is 28.8 Å². The van der Waals surface area contributed by atoms with Crippen LogP contribution in [-0.2, 0) is 0 Å². The molecule has 0 unspecified atom stereocenters. The highest BCUT2D eigenvalue weighted by molar-refractivity contribution is 6.35. The smallest absolute Gasteiger partial charge is 0.288 e. The van der Waals surface area contributed by atoms with Crippen LogP contribution >= 0.6 is 11.6 Å². The van der Waals surface area contributed by atoms with Crippen LogP contribution in [0.3, 0.4) is 0 Å². The van der Waals surface area contributed by atoms with Crippen LogP contribution < -0.4 is 0 Å². The molecule has 1 aromatic carbocycles. The molecule has 6 heteroatoms. The number of hydrogen-bond acceptors (Lipinski definition) is 3. The van der Waals surface area contributed by atoms with Gasteiger partial charge < -0.3 is 4.90 Å². The molecule has 0 heterocycles. The SMILES string of the molecule is C#CCN(CC1CC1)C(=O)c1cccc([N+](=O)[O-])c1Cl. The Morgan fingerprint density at radius 1 is 1.55 bits per heavy atom. The van der Waals surface area contributed by atoms with Gasteiger partial charge in [-0.25, -0.2) is 0 Å². The monoisotopic (exact) mass is 292 g/mol. The van der Waals surface area contributed by atoms with E-state index in [2.05, 4.69) is 5.92 Å². The summed E-state index contributed by atoms with van der Waals surface area (Å²) in [5.74, 6) is 2.56. The van der Waals surface area contributed by atoms with E-state index in [9.17, 15) is 14.9 Å². The van der Waals surface area contributed by atoms with Gasteiger partial charge in [-0.05, 0) is 24.8 Å². The Kier molecular flexibility index (Phi) is 4.26. The number of nitro groups is 1. The number of benzene rings is 1. The third kappa shape index (κ3) is 3.09. The summed E-state index contributed by atoms with van der Waals surface area (Å²) < 4.78 is 0. The van der Waals surface area contributed by atoms with E-state index in [-0.39, 0.29) is 28.7 Å². The summed E-state index contributed by atoms with van der Waals surface area (Å²) in [5, 5.41) is 10.7. The number of carbonyl (C=O) groups is 1.